The van der Waals surface area contributed by atoms with Crippen LogP contribution in [0.25, 0.3) is 0 Å². The molecule has 0 radical (unpaired) electrons. The Kier molecular flexibility index (Phi) is 5.11. The van der Waals surface area contributed by atoms with Crippen LogP contribution in [-0.2, 0) is 0 Å². The number of nitrogens with zero attached hydrogens (tertiary/aromatic N) is 1. The van der Waals surface area contributed by atoms with Crippen LogP contribution in [0.1, 0.15) is 51.9 Å². The first-order valence-corrected chi connectivity index (χ1v) is 7.34. The van der Waals surface area contributed by atoms with Crippen LogP contribution < -0.4 is 5.32 Å². The highest BCUT2D eigenvalue weighted by Crippen LogP contribution is 2.24. The summed E-state index contributed by atoms with van der Waals surface area (Å²) in [6.45, 7) is 7.50. The molecule has 0 spiro atoms. The highest BCUT2D eigenvalue weighted by Gasteiger charge is 2.20. The van der Waals surface area contributed by atoms with Crippen LogP contribution in [-0.4, -0.2) is 37.1 Å². The molecule has 1 aliphatic heterocycles. The van der Waals surface area contributed by atoms with E-state index < -0.39 is 0 Å². The van der Waals surface area contributed by atoms with Gasteiger partial charge in [-0.2, -0.15) is 0 Å². The minimum absolute atomic E-state index is 0.814. The highest BCUT2D eigenvalue weighted by atomic mass is 15.1. The number of rotatable bonds is 5. The fourth-order valence-corrected chi connectivity index (χ4v) is 3.22. The van der Waals surface area contributed by atoms with Crippen LogP contribution in [0.15, 0.2) is 0 Å². The third kappa shape index (κ3) is 3.74. The molecule has 0 aromatic heterocycles. The Labute approximate surface area is 101 Å². The van der Waals surface area contributed by atoms with Gasteiger partial charge >= 0.3 is 0 Å². The molecule has 0 atom stereocenters. The van der Waals surface area contributed by atoms with Crippen molar-refractivity contribution < 1.29 is 0 Å². The van der Waals surface area contributed by atoms with Gasteiger partial charge in [-0.3, -0.25) is 0 Å². The molecule has 0 amide bonds. The molecule has 0 aromatic rings. The Morgan fingerprint density at radius 3 is 2.38 bits per heavy atom. The average molecular weight is 224 g/mol. The van der Waals surface area contributed by atoms with Crippen LogP contribution >= 0.6 is 0 Å². The van der Waals surface area contributed by atoms with E-state index in [9.17, 15) is 0 Å². The zero-order chi connectivity index (χ0) is 11.2. The SMILES string of the molecule is CCCN1CCC(NCC2CCCC2)CC1. The molecule has 2 fully saturated rings. The molecule has 0 bridgehead atoms. The smallest absolute Gasteiger partial charge is 0.00915 e. The van der Waals surface area contributed by atoms with E-state index in [1.807, 2.05) is 0 Å². The lowest BCUT2D eigenvalue weighted by molar-refractivity contribution is 0.195. The molecule has 2 heteroatoms. The van der Waals surface area contributed by atoms with Crippen LogP contribution in [0.2, 0.25) is 0 Å². The molecule has 0 aromatic carbocycles. The summed E-state index contributed by atoms with van der Waals surface area (Å²) in [5.74, 6) is 0.994. The van der Waals surface area contributed by atoms with Gasteiger partial charge in [0.1, 0.15) is 0 Å². The Bertz CT molecular complexity index is 179. The summed E-state index contributed by atoms with van der Waals surface area (Å²) in [7, 11) is 0. The Hall–Kier alpha value is -0.0800. The lowest BCUT2D eigenvalue weighted by Crippen LogP contribution is -2.43. The van der Waals surface area contributed by atoms with Crippen LogP contribution in [0.4, 0.5) is 0 Å². The van der Waals surface area contributed by atoms with Crippen molar-refractivity contribution >= 4 is 0 Å². The minimum atomic E-state index is 0.814. The molecular formula is C14H28N2. The predicted octanol–water partition coefficient (Wildman–Crippen LogP) is 2.64. The van der Waals surface area contributed by atoms with E-state index in [-0.39, 0.29) is 0 Å². The normalized spacial score (nSPS) is 25.3. The van der Waals surface area contributed by atoms with Gasteiger partial charge in [-0.1, -0.05) is 19.8 Å². The number of likely N-dealkylation sites (tertiary alicyclic amines) is 1. The van der Waals surface area contributed by atoms with Gasteiger partial charge in [-0.05, 0) is 64.2 Å². The molecule has 1 N–H and O–H groups in total. The number of hydrogen-bond acceptors (Lipinski definition) is 2. The van der Waals surface area contributed by atoms with Crippen molar-refractivity contribution in [2.24, 2.45) is 5.92 Å². The first-order chi connectivity index (χ1) is 7.88. The molecule has 0 unspecified atom stereocenters. The van der Waals surface area contributed by atoms with Crippen molar-refractivity contribution in [1.29, 1.82) is 0 Å². The van der Waals surface area contributed by atoms with Gasteiger partial charge in [0.25, 0.3) is 0 Å². The van der Waals surface area contributed by atoms with Crippen LogP contribution in [0.3, 0.4) is 0 Å². The van der Waals surface area contributed by atoms with Crippen molar-refractivity contribution in [2.75, 3.05) is 26.2 Å². The summed E-state index contributed by atoms with van der Waals surface area (Å²) in [6.07, 6.45) is 9.94. The van der Waals surface area contributed by atoms with E-state index in [1.165, 1.54) is 71.1 Å². The maximum Gasteiger partial charge on any atom is 0.00915 e. The van der Waals surface area contributed by atoms with Crippen LogP contribution in [0, 0.1) is 5.92 Å². The van der Waals surface area contributed by atoms with Crippen molar-refractivity contribution in [3.05, 3.63) is 0 Å². The predicted molar refractivity (Wildman–Crippen MR) is 69.7 cm³/mol. The van der Waals surface area contributed by atoms with E-state index in [0.717, 1.165) is 12.0 Å². The van der Waals surface area contributed by atoms with Gasteiger partial charge in [0.05, 0.1) is 0 Å². The van der Waals surface area contributed by atoms with E-state index in [0.29, 0.717) is 0 Å². The van der Waals surface area contributed by atoms with E-state index in [1.54, 1.807) is 0 Å². The Morgan fingerprint density at radius 1 is 1.06 bits per heavy atom. The quantitative estimate of drug-likeness (QED) is 0.772. The molecule has 1 saturated heterocycles. The number of nitrogens with one attached hydrogen (secondary N) is 1. The maximum atomic E-state index is 3.80. The van der Waals surface area contributed by atoms with Gasteiger partial charge in [0, 0.05) is 6.04 Å². The van der Waals surface area contributed by atoms with E-state index in [4.69, 9.17) is 0 Å². The number of piperidine rings is 1. The molecule has 2 aliphatic rings. The van der Waals surface area contributed by atoms with Gasteiger partial charge in [-0.25, -0.2) is 0 Å². The lowest BCUT2D eigenvalue weighted by atomic mass is 10.0. The van der Waals surface area contributed by atoms with E-state index in [2.05, 4.69) is 17.1 Å². The fourth-order valence-electron chi connectivity index (χ4n) is 3.22. The Morgan fingerprint density at radius 2 is 1.75 bits per heavy atom. The van der Waals surface area contributed by atoms with Gasteiger partial charge < -0.3 is 10.2 Å². The van der Waals surface area contributed by atoms with Gasteiger partial charge in [0.15, 0.2) is 0 Å². The monoisotopic (exact) mass is 224 g/mol. The number of hydrogen-bond donors (Lipinski definition) is 1. The second-order valence-electron chi connectivity index (χ2n) is 5.67. The second-order valence-corrected chi connectivity index (χ2v) is 5.67. The topological polar surface area (TPSA) is 15.3 Å². The zero-order valence-electron chi connectivity index (χ0n) is 10.9. The molecular weight excluding hydrogens is 196 g/mol. The van der Waals surface area contributed by atoms with Crippen LogP contribution in [0.5, 0.6) is 0 Å². The average Bonchev–Trinajstić information content (AvgIpc) is 2.82. The summed E-state index contributed by atoms with van der Waals surface area (Å²) in [5.41, 5.74) is 0. The van der Waals surface area contributed by atoms with Gasteiger partial charge in [-0.15, -0.1) is 0 Å². The van der Waals surface area contributed by atoms with Crippen molar-refractivity contribution in [1.82, 2.24) is 10.2 Å². The maximum absolute atomic E-state index is 3.80. The zero-order valence-corrected chi connectivity index (χ0v) is 10.9. The van der Waals surface area contributed by atoms with E-state index >= 15 is 0 Å². The third-order valence-electron chi connectivity index (χ3n) is 4.30. The molecule has 2 rings (SSSR count). The summed E-state index contributed by atoms with van der Waals surface area (Å²) < 4.78 is 0. The van der Waals surface area contributed by atoms with Crippen molar-refractivity contribution in [3.63, 3.8) is 0 Å². The summed E-state index contributed by atoms with van der Waals surface area (Å²) in [4.78, 5) is 2.62. The second kappa shape index (κ2) is 6.61. The summed E-state index contributed by atoms with van der Waals surface area (Å²) in [6, 6.07) is 0.814. The molecule has 1 saturated carbocycles. The van der Waals surface area contributed by atoms with Crippen molar-refractivity contribution in [2.45, 2.75) is 57.9 Å². The molecule has 1 aliphatic carbocycles. The summed E-state index contributed by atoms with van der Waals surface area (Å²) in [5, 5.41) is 3.80. The fraction of sp³-hybridized carbons (Fsp3) is 1.00. The molecule has 1 heterocycles. The third-order valence-corrected chi connectivity index (χ3v) is 4.30. The van der Waals surface area contributed by atoms with Gasteiger partial charge in [0.2, 0.25) is 0 Å². The molecule has 94 valence electrons. The summed E-state index contributed by atoms with van der Waals surface area (Å²) >= 11 is 0. The Balaban J connectivity index is 1.57. The minimum Gasteiger partial charge on any atom is -0.314 e. The first kappa shape index (κ1) is 12.4. The lowest BCUT2D eigenvalue weighted by Gasteiger charge is -2.32. The largest absolute Gasteiger partial charge is 0.314 e. The standard InChI is InChI=1S/C14H28N2/c1-2-9-16-10-7-14(8-11-16)15-12-13-5-3-4-6-13/h13-15H,2-12H2,1H3. The first-order valence-electron chi connectivity index (χ1n) is 7.34. The molecule has 16 heavy (non-hydrogen) atoms. The van der Waals surface area contributed by atoms with Crippen molar-refractivity contribution in [3.8, 4) is 0 Å². The highest BCUT2D eigenvalue weighted by molar-refractivity contribution is 4.79. The molecule has 2 nitrogen and oxygen atoms in total.